The molecule has 150 valence electrons. The molecule has 0 saturated carbocycles. The molecule has 29 heavy (non-hydrogen) atoms. The maximum absolute atomic E-state index is 13.2. The molecule has 1 atom stereocenters. The molecule has 0 radical (unpaired) electrons. The van der Waals surface area contributed by atoms with Crippen molar-refractivity contribution in [2.24, 2.45) is 0 Å². The summed E-state index contributed by atoms with van der Waals surface area (Å²) in [5.41, 5.74) is 1.12. The fourth-order valence-corrected chi connectivity index (χ4v) is 3.19. The van der Waals surface area contributed by atoms with E-state index in [9.17, 15) is 14.4 Å². The highest BCUT2D eigenvalue weighted by Crippen LogP contribution is 2.22. The minimum atomic E-state index is -0.787. The third-order valence-electron chi connectivity index (χ3n) is 4.68. The second kappa shape index (κ2) is 8.45. The summed E-state index contributed by atoms with van der Waals surface area (Å²) < 4.78 is 1.41. The summed E-state index contributed by atoms with van der Waals surface area (Å²) in [6, 6.07) is 13.0. The van der Waals surface area contributed by atoms with Crippen molar-refractivity contribution in [3.8, 4) is 0 Å². The second-order valence-corrected chi connectivity index (χ2v) is 7.03. The lowest BCUT2D eigenvalue weighted by Gasteiger charge is -2.22. The van der Waals surface area contributed by atoms with E-state index >= 15 is 0 Å². The molecule has 2 aromatic carbocycles. The topological polar surface area (TPSA) is 84.3 Å². The first-order valence-corrected chi connectivity index (χ1v) is 9.53. The molecular weight excluding hydrogens is 392 g/mol. The van der Waals surface area contributed by atoms with Crippen molar-refractivity contribution in [1.82, 2.24) is 9.55 Å². The Morgan fingerprint density at radius 3 is 2.45 bits per heavy atom. The van der Waals surface area contributed by atoms with Gasteiger partial charge in [-0.05, 0) is 42.8 Å². The Labute approximate surface area is 172 Å². The number of hydrogen-bond acceptors (Lipinski definition) is 4. The zero-order chi connectivity index (χ0) is 21.1. The lowest BCUT2D eigenvalue weighted by Crippen LogP contribution is -2.38. The number of aromatic nitrogens is 2. The monoisotopic (exact) mass is 412 g/mol. The van der Waals surface area contributed by atoms with Crippen LogP contribution in [-0.2, 0) is 9.59 Å². The average molecular weight is 413 g/mol. The molecule has 8 heteroatoms. The Hall–Kier alpha value is -3.19. The van der Waals surface area contributed by atoms with Crippen LogP contribution in [0.5, 0.6) is 0 Å². The van der Waals surface area contributed by atoms with Crippen LogP contribution in [-0.4, -0.2) is 28.4 Å². The smallest absolute Gasteiger partial charge is 0.295 e. The Morgan fingerprint density at radius 2 is 1.83 bits per heavy atom. The summed E-state index contributed by atoms with van der Waals surface area (Å²) in [4.78, 5) is 43.6. The molecule has 0 spiro atoms. The van der Waals surface area contributed by atoms with Crippen LogP contribution in [0.1, 0.15) is 26.3 Å². The fourth-order valence-electron chi connectivity index (χ4n) is 3.06. The van der Waals surface area contributed by atoms with Crippen molar-refractivity contribution in [2.75, 3.05) is 17.3 Å². The van der Waals surface area contributed by atoms with Crippen molar-refractivity contribution < 1.29 is 9.59 Å². The van der Waals surface area contributed by atoms with Crippen LogP contribution in [0.4, 0.5) is 11.5 Å². The van der Waals surface area contributed by atoms with E-state index in [4.69, 9.17) is 11.6 Å². The van der Waals surface area contributed by atoms with Crippen LogP contribution in [0.15, 0.2) is 53.3 Å². The van der Waals surface area contributed by atoms with Gasteiger partial charge >= 0.3 is 0 Å². The minimum Gasteiger partial charge on any atom is -0.324 e. The van der Waals surface area contributed by atoms with Crippen LogP contribution in [0, 0.1) is 0 Å². The normalized spacial score (nSPS) is 11.9. The van der Waals surface area contributed by atoms with E-state index < -0.39 is 11.6 Å². The predicted molar refractivity (Wildman–Crippen MR) is 114 cm³/mol. The molecule has 0 saturated heterocycles. The van der Waals surface area contributed by atoms with Crippen molar-refractivity contribution in [3.05, 3.63) is 63.9 Å². The summed E-state index contributed by atoms with van der Waals surface area (Å²) in [5, 5.41) is 3.38. The molecule has 0 unspecified atom stereocenters. The van der Waals surface area contributed by atoms with Gasteiger partial charge in [0.05, 0.1) is 11.0 Å². The van der Waals surface area contributed by atoms with Gasteiger partial charge in [-0.2, -0.15) is 0 Å². The van der Waals surface area contributed by atoms with E-state index in [0.717, 1.165) is 0 Å². The number of para-hydroxylation sites is 2. The molecule has 0 bridgehead atoms. The third-order valence-corrected chi connectivity index (χ3v) is 4.93. The van der Waals surface area contributed by atoms with Gasteiger partial charge in [0.25, 0.3) is 5.56 Å². The molecule has 0 aliphatic carbocycles. The summed E-state index contributed by atoms with van der Waals surface area (Å²) in [6.07, 6.45) is 0.372. The molecule has 7 nitrogen and oxygen atoms in total. The summed E-state index contributed by atoms with van der Waals surface area (Å²) in [5.74, 6) is -0.686. The highest BCUT2D eigenvalue weighted by molar-refractivity contribution is 6.30. The van der Waals surface area contributed by atoms with E-state index in [1.54, 1.807) is 48.5 Å². The van der Waals surface area contributed by atoms with Gasteiger partial charge in [-0.3, -0.25) is 23.9 Å². The molecule has 0 aliphatic heterocycles. The number of anilines is 2. The summed E-state index contributed by atoms with van der Waals surface area (Å²) in [6.45, 7) is 3.17. The molecule has 3 rings (SSSR count). The van der Waals surface area contributed by atoms with Crippen molar-refractivity contribution >= 4 is 46.0 Å². The molecule has 0 aliphatic rings. The molecule has 1 N–H and O–H groups in total. The number of hydrogen-bond donors (Lipinski definition) is 1. The number of halogens is 1. The molecule has 1 heterocycles. The zero-order valence-electron chi connectivity index (χ0n) is 16.3. The van der Waals surface area contributed by atoms with Crippen LogP contribution in [0.2, 0.25) is 5.02 Å². The highest BCUT2D eigenvalue weighted by atomic mass is 35.5. The van der Waals surface area contributed by atoms with Gasteiger partial charge in [-0.25, -0.2) is 4.98 Å². The first-order valence-electron chi connectivity index (χ1n) is 9.15. The van der Waals surface area contributed by atoms with Gasteiger partial charge in [0, 0.05) is 24.7 Å². The van der Waals surface area contributed by atoms with Gasteiger partial charge in [0.2, 0.25) is 17.6 Å². The quantitative estimate of drug-likeness (QED) is 0.693. The summed E-state index contributed by atoms with van der Waals surface area (Å²) in [7, 11) is 1.49. The largest absolute Gasteiger partial charge is 0.324 e. The predicted octanol–water partition coefficient (Wildman–Crippen LogP) is 3.62. The second-order valence-electron chi connectivity index (χ2n) is 6.60. The first-order chi connectivity index (χ1) is 13.8. The maximum atomic E-state index is 13.2. The lowest BCUT2D eigenvalue weighted by molar-refractivity contribution is -0.119. The Balaban J connectivity index is 2.13. The Morgan fingerprint density at radius 1 is 1.17 bits per heavy atom. The standard InChI is InChI=1S/C21H21ClN4O3/c1-4-17(20(28)23-15-11-9-14(22)10-12-15)26-18-8-6-5-7-16(18)24-19(21(26)29)25(3)13(2)27/h5-12,17H,4H2,1-3H3,(H,23,28)/t17-/m1/s1. The van der Waals surface area contributed by atoms with Crippen LogP contribution in [0.25, 0.3) is 11.0 Å². The molecular formula is C21H21ClN4O3. The van der Waals surface area contributed by atoms with Gasteiger partial charge in [-0.1, -0.05) is 30.7 Å². The highest BCUT2D eigenvalue weighted by Gasteiger charge is 2.25. The zero-order valence-corrected chi connectivity index (χ0v) is 17.1. The van der Waals surface area contributed by atoms with Crippen LogP contribution < -0.4 is 15.8 Å². The average Bonchev–Trinajstić information content (AvgIpc) is 2.71. The summed E-state index contributed by atoms with van der Waals surface area (Å²) >= 11 is 5.90. The van der Waals surface area contributed by atoms with Crippen LogP contribution in [0.3, 0.4) is 0 Å². The number of amides is 2. The minimum absolute atomic E-state index is 0.0195. The molecule has 2 amide bonds. The van der Waals surface area contributed by atoms with E-state index in [-0.39, 0.29) is 17.6 Å². The third kappa shape index (κ3) is 4.14. The fraction of sp³-hybridized carbons (Fsp3) is 0.238. The number of rotatable bonds is 5. The van der Waals surface area contributed by atoms with Gasteiger partial charge in [-0.15, -0.1) is 0 Å². The number of carbonyl (C=O) groups is 2. The molecule has 0 fully saturated rings. The van der Waals surface area contributed by atoms with Crippen molar-refractivity contribution in [3.63, 3.8) is 0 Å². The van der Waals surface area contributed by atoms with Gasteiger partial charge in [0.15, 0.2) is 0 Å². The number of nitrogens with zero attached hydrogens (tertiary/aromatic N) is 3. The van der Waals surface area contributed by atoms with Gasteiger partial charge < -0.3 is 5.32 Å². The van der Waals surface area contributed by atoms with Crippen molar-refractivity contribution in [2.45, 2.75) is 26.3 Å². The van der Waals surface area contributed by atoms with E-state index in [1.807, 2.05) is 6.92 Å². The number of fused-ring (bicyclic) bond motifs is 1. The molecule has 1 aromatic heterocycles. The van der Waals surface area contributed by atoms with Crippen LogP contribution >= 0.6 is 11.6 Å². The van der Waals surface area contributed by atoms with Gasteiger partial charge in [0.1, 0.15) is 6.04 Å². The molecule has 3 aromatic rings. The number of carbonyl (C=O) groups excluding carboxylic acids is 2. The maximum Gasteiger partial charge on any atom is 0.295 e. The van der Waals surface area contributed by atoms with Crippen molar-refractivity contribution in [1.29, 1.82) is 0 Å². The number of nitrogens with one attached hydrogen (secondary N) is 1. The van der Waals surface area contributed by atoms with E-state index in [2.05, 4.69) is 10.3 Å². The Kier molecular flexibility index (Phi) is 5.98. The Bertz CT molecular complexity index is 1120. The SMILES string of the molecule is CC[C@H](C(=O)Nc1ccc(Cl)cc1)n1c(=O)c(N(C)C(C)=O)nc2ccccc21. The van der Waals surface area contributed by atoms with E-state index in [1.165, 1.54) is 23.4 Å². The number of benzene rings is 2. The lowest BCUT2D eigenvalue weighted by atomic mass is 10.1. The first kappa shape index (κ1) is 20.5. The van der Waals surface area contributed by atoms with E-state index in [0.29, 0.717) is 28.2 Å².